The summed E-state index contributed by atoms with van der Waals surface area (Å²) in [5.41, 5.74) is 0. The molecule has 1 rings (SSSR count). The fraction of sp³-hybridized carbons (Fsp3) is 0.900. The van der Waals surface area contributed by atoms with E-state index in [1.807, 2.05) is 4.90 Å². The lowest BCUT2D eigenvalue weighted by molar-refractivity contribution is 0.174. The SMILES string of the molecule is CCN(CC)CCN1CCCNC1=O. The summed E-state index contributed by atoms with van der Waals surface area (Å²) in [4.78, 5) is 15.6. The van der Waals surface area contributed by atoms with Crippen LogP contribution in [-0.4, -0.2) is 55.1 Å². The van der Waals surface area contributed by atoms with Crippen molar-refractivity contribution in [1.82, 2.24) is 15.1 Å². The monoisotopic (exact) mass is 199 g/mol. The van der Waals surface area contributed by atoms with Crippen molar-refractivity contribution in [1.29, 1.82) is 0 Å². The second kappa shape index (κ2) is 5.86. The van der Waals surface area contributed by atoms with Gasteiger partial charge in [0.15, 0.2) is 0 Å². The summed E-state index contributed by atoms with van der Waals surface area (Å²) < 4.78 is 0. The van der Waals surface area contributed by atoms with Crippen LogP contribution < -0.4 is 5.32 Å². The third-order valence-corrected chi connectivity index (χ3v) is 2.75. The Bertz CT molecular complexity index is 180. The minimum absolute atomic E-state index is 0.100. The van der Waals surface area contributed by atoms with Gasteiger partial charge >= 0.3 is 6.03 Å². The molecule has 1 aliphatic rings. The number of nitrogens with zero attached hydrogens (tertiary/aromatic N) is 2. The molecular weight excluding hydrogens is 178 g/mol. The smallest absolute Gasteiger partial charge is 0.317 e. The lowest BCUT2D eigenvalue weighted by atomic mass is 10.3. The number of urea groups is 1. The lowest BCUT2D eigenvalue weighted by Gasteiger charge is -2.29. The molecule has 0 aromatic heterocycles. The largest absolute Gasteiger partial charge is 0.338 e. The Morgan fingerprint density at radius 2 is 2.14 bits per heavy atom. The van der Waals surface area contributed by atoms with Crippen molar-refractivity contribution in [3.05, 3.63) is 0 Å². The van der Waals surface area contributed by atoms with Crippen LogP contribution >= 0.6 is 0 Å². The van der Waals surface area contributed by atoms with Crippen LogP contribution in [0.4, 0.5) is 4.79 Å². The van der Waals surface area contributed by atoms with Gasteiger partial charge in [0.1, 0.15) is 0 Å². The van der Waals surface area contributed by atoms with Crippen molar-refractivity contribution in [2.45, 2.75) is 20.3 Å². The quantitative estimate of drug-likeness (QED) is 0.709. The number of nitrogens with one attached hydrogen (secondary N) is 1. The predicted molar refractivity (Wildman–Crippen MR) is 57.4 cm³/mol. The molecule has 0 aliphatic carbocycles. The molecule has 2 amide bonds. The van der Waals surface area contributed by atoms with Gasteiger partial charge in [0.25, 0.3) is 0 Å². The minimum Gasteiger partial charge on any atom is -0.338 e. The summed E-state index contributed by atoms with van der Waals surface area (Å²) >= 11 is 0. The van der Waals surface area contributed by atoms with Gasteiger partial charge in [0, 0.05) is 26.2 Å². The van der Waals surface area contributed by atoms with Crippen molar-refractivity contribution < 1.29 is 4.79 Å². The predicted octanol–water partition coefficient (Wildman–Crippen LogP) is 0.744. The van der Waals surface area contributed by atoms with E-state index in [-0.39, 0.29) is 6.03 Å². The van der Waals surface area contributed by atoms with Crippen LogP contribution in [0, 0.1) is 0 Å². The normalized spacial score (nSPS) is 17.4. The number of amides is 2. The Morgan fingerprint density at radius 1 is 1.43 bits per heavy atom. The molecule has 0 aromatic carbocycles. The fourth-order valence-electron chi connectivity index (χ4n) is 1.69. The van der Waals surface area contributed by atoms with Gasteiger partial charge in [0.05, 0.1) is 0 Å². The van der Waals surface area contributed by atoms with Gasteiger partial charge in [-0.3, -0.25) is 0 Å². The maximum atomic E-state index is 11.4. The third kappa shape index (κ3) is 3.18. The lowest BCUT2D eigenvalue weighted by Crippen LogP contribution is -2.48. The van der Waals surface area contributed by atoms with Gasteiger partial charge in [-0.05, 0) is 19.5 Å². The molecule has 4 nitrogen and oxygen atoms in total. The molecule has 0 unspecified atom stereocenters. The van der Waals surface area contributed by atoms with E-state index in [4.69, 9.17) is 0 Å². The summed E-state index contributed by atoms with van der Waals surface area (Å²) in [5.74, 6) is 0. The number of hydrogen-bond acceptors (Lipinski definition) is 2. The molecule has 0 aromatic rings. The van der Waals surface area contributed by atoms with Crippen molar-refractivity contribution in [2.24, 2.45) is 0 Å². The zero-order chi connectivity index (χ0) is 10.4. The number of carbonyl (C=O) groups is 1. The first-order valence-electron chi connectivity index (χ1n) is 5.53. The molecule has 0 radical (unpaired) electrons. The average molecular weight is 199 g/mol. The van der Waals surface area contributed by atoms with Crippen molar-refractivity contribution in [2.75, 3.05) is 39.3 Å². The molecule has 82 valence electrons. The Hall–Kier alpha value is -0.770. The van der Waals surface area contributed by atoms with Gasteiger partial charge in [-0.15, -0.1) is 0 Å². The molecular formula is C10H21N3O. The zero-order valence-electron chi connectivity index (χ0n) is 9.25. The van der Waals surface area contributed by atoms with Gasteiger partial charge in [-0.25, -0.2) is 4.79 Å². The summed E-state index contributed by atoms with van der Waals surface area (Å²) in [6.07, 6.45) is 1.07. The van der Waals surface area contributed by atoms with E-state index in [1.165, 1.54) is 0 Å². The molecule has 0 atom stereocenters. The number of rotatable bonds is 5. The highest BCUT2D eigenvalue weighted by molar-refractivity contribution is 5.74. The van der Waals surface area contributed by atoms with Crippen LogP contribution in [0.3, 0.4) is 0 Å². The fourth-order valence-corrected chi connectivity index (χ4v) is 1.69. The van der Waals surface area contributed by atoms with E-state index in [0.717, 1.165) is 45.7 Å². The maximum absolute atomic E-state index is 11.4. The Balaban J connectivity index is 2.25. The second-order valence-electron chi connectivity index (χ2n) is 3.60. The first-order chi connectivity index (χ1) is 6.77. The topological polar surface area (TPSA) is 35.6 Å². The number of likely N-dealkylation sites (N-methyl/N-ethyl adjacent to an activating group) is 1. The Kier molecular flexibility index (Phi) is 4.73. The van der Waals surface area contributed by atoms with E-state index in [1.54, 1.807) is 0 Å². The van der Waals surface area contributed by atoms with Crippen molar-refractivity contribution in [3.63, 3.8) is 0 Å². The van der Waals surface area contributed by atoms with E-state index >= 15 is 0 Å². The first-order valence-corrected chi connectivity index (χ1v) is 5.53. The van der Waals surface area contributed by atoms with Gasteiger partial charge < -0.3 is 15.1 Å². The van der Waals surface area contributed by atoms with Crippen LogP contribution in [0.2, 0.25) is 0 Å². The first kappa shape index (κ1) is 11.3. The highest BCUT2D eigenvalue weighted by atomic mass is 16.2. The van der Waals surface area contributed by atoms with E-state index in [2.05, 4.69) is 24.1 Å². The molecule has 1 aliphatic heterocycles. The minimum atomic E-state index is 0.100. The van der Waals surface area contributed by atoms with Gasteiger partial charge in [-0.1, -0.05) is 13.8 Å². The maximum Gasteiger partial charge on any atom is 0.317 e. The number of hydrogen-bond donors (Lipinski definition) is 1. The summed E-state index contributed by atoms with van der Waals surface area (Å²) in [5, 5.41) is 2.86. The van der Waals surface area contributed by atoms with Crippen molar-refractivity contribution >= 4 is 6.03 Å². The highest BCUT2D eigenvalue weighted by Gasteiger charge is 2.17. The van der Waals surface area contributed by atoms with Crippen LogP contribution in [0.15, 0.2) is 0 Å². The second-order valence-corrected chi connectivity index (χ2v) is 3.60. The highest BCUT2D eigenvalue weighted by Crippen LogP contribution is 1.99. The van der Waals surface area contributed by atoms with E-state index in [0.29, 0.717) is 0 Å². The van der Waals surface area contributed by atoms with E-state index in [9.17, 15) is 4.79 Å². The molecule has 1 heterocycles. The molecule has 1 N–H and O–H groups in total. The molecule has 4 heteroatoms. The Labute approximate surface area is 86.2 Å². The van der Waals surface area contributed by atoms with Crippen LogP contribution in [0.25, 0.3) is 0 Å². The zero-order valence-corrected chi connectivity index (χ0v) is 9.25. The molecule has 0 spiro atoms. The molecule has 0 saturated carbocycles. The molecule has 1 saturated heterocycles. The van der Waals surface area contributed by atoms with Crippen molar-refractivity contribution in [3.8, 4) is 0 Å². The Morgan fingerprint density at radius 3 is 2.71 bits per heavy atom. The number of carbonyl (C=O) groups excluding carboxylic acids is 1. The van der Waals surface area contributed by atoms with Crippen LogP contribution in [0.5, 0.6) is 0 Å². The summed E-state index contributed by atoms with van der Waals surface area (Å²) in [6, 6.07) is 0.100. The molecule has 1 fully saturated rings. The van der Waals surface area contributed by atoms with Crippen LogP contribution in [-0.2, 0) is 0 Å². The van der Waals surface area contributed by atoms with E-state index < -0.39 is 0 Å². The van der Waals surface area contributed by atoms with Crippen LogP contribution in [0.1, 0.15) is 20.3 Å². The van der Waals surface area contributed by atoms with Gasteiger partial charge in [-0.2, -0.15) is 0 Å². The summed E-state index contributed by atoms with van der Waals surface area (Å²) in [6.45, 7) is 10.0. The molecule has 14 heavy (non-hydrogen) atoms. The summed E-state index contributed by atoms with van der Waals surface area (Å²) in [7, 11) is 0. The third-order valence-electron chi connectivity index (χ3n) is 2.75. The standard InChI is InChI=1S/C10H21N3O/c1-3-12(4-2)8-9-13-7-5-6-11-10(13)14/h3-9H2,1-2H3,(H,11,14). The van der Waals surface area contributed by atoms with Gasteiger partial charge in [0.2, 0.25) is 0 Å². The average Bonchev–Trinajstić information content (AvgIpc) is 2.22. The molecule has 0 bridgehead atoms.